The molecule has 1 rings (SSSR count). The fourth-order valence-corrected chi connectivity index (χ4v) is 2.50. The lowest BCUT2D eigenvalue weighted by Crippen LogP contribution is -2.27. The zero-order valence-corrected chi connectivity index (χ0v) is 12.7. The second-order valence-corrected chi connectivity index (χ2v) is 5.29. The number of hydrogen-bond donors (Lipinski definition) is 3. The van der Waals surface area contributed by atoms with Crippen LogP contribution < -0.4 is 16.6 Å². The van der Waals surface area contributed by atoms with Crippen molar-refractivity contribution in [2.45, 2.75) is 59.4 Å². The van der Waals surface area contributed by atoms with Crippen molar-refractivity contribution in [1.29, 1.82) is 0 Å². The number of nitrogens with zero attached hydrogens (tertiary/aromatic N) is 2. The maximum atomic E-state index is 5.53. The molecule has 0 saturated carbocycles. The van der Waals surface area contributed by atoms with Gasteiger partial charge in [-0.3, -0.25) is 0 Å². The molecule has 0 saturated heterocycles. The first-order chi connectivity index (χ1) is 9.04. The zero-order chi connectivity index (χ0) is 14.4. The van der Waals surface area contributed by atoms with E-state index in [1.54, 1.807) is 6.33 Å². The lowest BCUT2D eigenvalue weighted by atomic mass is 9.95. The Morgan fingerprint density at radius 1 is 1.11 bits per heavy atom. The van der Waals surface area contributed by atoms with E-state index < -0.39 is 0 Å². The molecule has 0 fully saturated rings. The average Bonchev–Trinajstić information content (AvgIpc) is 2.39. The highest BCUT2D eigenvalue weighted by Gasteiger charge is 2.19. The first-order valence-electron chi connectivity index (χ1n) is 7.13. The van der Waals surface area contributed by atoms with Gasteiger partial charge in [0.1, 0.15) is 18.0 Å². The molecule has 0 aromatic carbocycles. The monoisotopic (exact) mass is 265 g/mol. The Kier molecular flexibility index (Phi) is 6.02. The third kappa shape index (κ3) is 3.80. The molecule has 1 atom stereocenters. The van der Waals surface area contributed by atoms with Gasteiger partial charge in [-0.05, 0) is 18.8 Å². The van der Waals surface area contributed by atoms with Crippen molar-refractivity contribution in [3.63, 3.8) is 0 Å². The summed E-state index contributed by atoms with van der Waals surface area (Å²) in [6, 6.07) is 0.382. The average molecular weight is 265 g/mol. The molecule has 108 valence electrons. The van der Waals surface area contributed by atoms with Crippen LogP contribution in [0.4, 0.5) is 11.6 Å². The minimum Gasteiger partial charge on any atom is -0.367 e. The lowest BCUT2D eigenvalue weighted by molar-refractivity contribution is 0.436. The van der Waals surface area contributed by atoms with Gasteiger partial charge in [-0.15, -0.1) is 0 Å². The van der Waals surface area contributed by atoms with Crippen molar-refractivity contribution < 1.29 is 0 Å². The first-order valence-corrected chi connectivity index (χ1v) is 7.13. The van der Waals surface area contributed by atoms with E-state index in [-0.39, 0.29) is 0 Å². The highest BCUT2D eigenvalue weighted by molar-refractivity contribution is 5.58. The molecule has 1 aromatic heterocycles. The Bertz CT molecular complexity index is 387. The summed E-state index contributed by atoms with van der Waals surface area (Å²) in [4.78, 5) is 8.57. The van der Waals surface area contributed by atoms with Crippen molar-refractivity contribution in [2.24, 2.45) is 11.8 Å². The molecule has 1 aromatic rings. The molecular formula is C14H27N5. The molecule has 0 aliphatic heterocycles. The van der Waals surface area contributed by atoms with Crippen LogP contribution in [0, 0.1) is 5.92 Å². The van der Waals surface area contributed by atoms with E-state index in [1.807, 2.05) is 0 Å². The van der Waals surface area contributed by atoms with E-state index in [2.05, 4.69) is 55.3 Å². The topological polar surface area (TPSA) is 75.9 Å². The quantitative estimate of drug-likeness (QED) is 0.521. The second-order valence-electron chi connectivity index (χ2n) is 5.29. The number of nitrogens with two attached hydrogens (primary N) is 1. The lowest BCUT2D eigenvalue weighted by Gasteiger charge is -2.25. The van der Waals surface area contributed by atoms with E-state index in [0.29, 0.717) is 23.7 Å². The molecule has 1 heterocycles. The Balaban J connectivity index is 3.00. The largest absolute Gasteiger partial charge is 0.367 e. The molecule has 19 heavy (non-hydrogen) atoms. The van der Waals surface area contributed by atoms with Crippen molar-refractivity contribution in [3.05, 3.63) is 11.9 Å². The number of hydrogen-bond acceptors (Lipinski definition) is 5. The zero-order valence-electron chi connectivity index (χ0n) is 12.7. The minimum absolute atomic E-state index is 0.309. The second kappa shape index (κ2) is 7.28. The predicted molar refractivity (Wildman–Crippen MR) is 81.1 cm³/mol. The van der Waals surface area contributed by atoms with E-state index in [9.17, 15) is 0 Å². The molecular weight excluding hydrogens is 238 g/mol. The van der Waals surface area contributed by atoms with E-state index >= 15 is 0 Å². The summed E-state index contributed by atoms with van der Waals surface area (Å²) in [5.41, 5.74) is 3.70. The fraction of sp³-hybridized carbons (Fsp3) is 0.714. The van der Waals surface area contributed by atoms with Gasteiger partial charge in [0.25, 0.3) is 0 Å². The fourth-order valence-electron chi connectivity index (χ4n) is 2.50. The Hall–Kier alpha value is -1.36. The summed E-state index contributed by atoms with van der Waals surface area (Å²) in [6.07, 6.45) is 3.87. The highest BCUT2D eigenvalue weighted by atomic mass is 15.3. The molecule has 5 heteroatoms. The molecule has 5 nitrogen and oxygen atoms in total. The summed E-state index contributed by atoms with van der Waals surface area (Å²) in [6.45, 7) is 10.9. The molecule has 0 spiro atoms. The van der Waals surface area contributed by atoms with Crippen LogP contribution in [0.25, 0.3) is 0 Å². The molecule has 0 aliphatic rings. The Morgan fingerprint density at radius 2 is 1.68 bits per heavy atom. The number of nitrogens with one attached hydrogen (secondary N) is 2. The smallest absolute Gasteiger partial charge is 0.148 e. The maximum Gasteiger partial charge on any atom is 0.148 e. The highest BCUT2D eigenvalue weighted by Crippen LogP contribution is 2.29. The Morgan fingerprint density at radius 3 is 2.16 bits per heavy atom. The number of anilines is 2. The summed E-state index contributed by atoms with van der Waals surface area (Å²) in [7, 11) is 0. The van der Waals surface area contributed by atoms with Crippen molar-refractivity contribution in [1.82, 2.24) is 9.97 Å². The minimum atomic E-state index is 0.309. The normalized spacial score (nSPS) is 12.8. The summed E-state index contributed by atoms with van der Waals surface area (Å²) >= 11 is 0. The van der Waals surface area contributed by atoms with Gasteiger partial charge in [0.05, 0.1) is 0 Å². The van der Waals surface area contributed by atoms with Crippen LogP contribution in [0.2, 0.25) is 0 Å². The van der Waals surface area contributed by atoms with Gasteiger partial charge in [0.15, 0.2) is 0 Å². The van der Waals surface area contributed by atoms with Crippen molar-refractivity contribution >= 4 is 11.6 Å². The third-order valence-corrected chi connectivity index (χ3v) is 3.72. The van der Waals surface area contributed by atoms with Gasteiger partial charge >= 0.3 is 0 Å². The van der Waals surface area contributed by atoms with E-state index in [4.69, 9.17) is 5.84 Å². The molecule has 4 N–H and O–H groups in total. The maximum absolute atomic E-state index is 5.53. The molecule has 0 radical (unpaired) electrons. The van der Waals surface area contributed by atoms with Gasteiger partial charge in [0, 0.05) is 11.6 Å². The van der Waals surface area contributed by atoms with Gasteiger partial charge < -0.3 is 10.7 Å². The summed E-state index contributed by atoms with van der Waals surface area (Å²) in [5.74, 6) is 8.07. The van der Waals surface area contributed by atoms with Crippen LogP contribution in [0.5, 0.6) is 0 Å². The van der Waals surface area contributed by atoms with Crippen LogP contribution in [-0.2, 0) is 0 Å². The van der Waals surface area contributed by atoms with Gasteiger partial charge in [-0.25, -0.2) is 15.8 Å². The van der Waals surface area contributed by atoms with Crippen LogP contribution >= 0.6 is 0 Å². The van der Waals surface area contributed by atoms with Gasteiger partial charge in [-0.2, -0.15) is 0 Å². The van der Waals surface area contributed by atoms with Crippen LogP contribution in [-0.4, -0.2) is 16.0 Å². The van der Waals surface area contributed by atoms with E-state index in [1.165, 1.54) is 0 Å². The van der Waals surface area contributed by atoms with Crippen LogP contribution in [0.15, 0.2) is 6.33 Å². The predicted octanol–water partition coefficient (Wildman–Crippen LogP) is 3.12. The SMILES string of the molecule is CCC(CC)C(C)Nc1ncnc(NN)c1C(C)C. The first kappa shape index (κ1) is 15.7. The number of hydrazine groups is 1. The van der Waals surface area contributed by atoms with Crippen molar-refractivity contribution in [2.75, 3.05) is 10.7 Å². The molecule has 0 amide bonds. The van der Waals surface area contributed by atoms with Crippen LogP contribution in [0.1, 0.15) is 58.9 Å². The molecule has 0 bridgehead atoms. The number of rotatable bonds is 7. The molecule has 1 unspecified atom stereocenters. The van der Waals surface area contributed by atoms with E-state index in [0.717, 1.165) is 24.2 Å². The summed E-state index contributed by atoms with van der Waals surface area (Å²) in [5, 5.41) is 3.52. The number of aromatic nitrogens is 2. The van der Waals surface area contributed by atoms with Crippen molar-refractivity contribution in [3.8, 4) is 0 Å². The third-order valence-electron chi connectivity index (χ3n) is 3.72. The Labute approximate surface area is 116 Å². The number of nitrogen functional groups attached to an aromatic ring is 1. The van der Waals surface area contributed by atoms with Crippen LogP contribution in [0.3, 0.4) is 0 Å². The molecule has 0 aliphatic carbocycles. The van der Waals surface area contributed by atoms with Gasteiger partial charge in [-0.1, -0.05) is 40.5 Å². The standard InChI is InChI=1S/C14H27N5/c1-6-11(7-2)10(5)18-13-12(9(3)4)14(19-15)17-8-16-13/h8-11H,6-7,15H2,1-5H3,(H2,16,17,18,19). The summed E-state index contributed by atoms with van der Waals surface area (Å²) < 4.78 is 0. The van der Waals surface area contributed by atoms with Gasteiger partial charge in [0.2, 0.25) is 0 Å².